The Kier molecular flexibility index (Phi) is 4.12. The van der Waals surface area contributed by atoms with Crippen LogP contribution in [0.3, 0.4) is 0 Å². The Morgan fingerprint density at radius 2 is 1.76 bits per heavy atom. The average molecular weight is 330 g/mol. The number of carbonyl (C=O) groups excluding carboxylic acids is 1. The molecule has 3 aromatic rings. The fraction of sp³-hybridized carbons (Fsp3) is 0.150. The van der Waals surface area contributed by atoms with Crippen molar-refractivity contribution in [3.8, 4) is 0 Å². The smallest absolute Gasteiger partial charge is 0.278 e. The Hall–Kier alpha value is -3.21. The van der Waals surface area contributed by atoms with E-state index in [1.165, 1.54) is 5.56 Å². The lowest BCUT2D eigenvalue weighted by atomic mass is 10.2. The number of rotatable bonds is 4. The molecule has 2 heterocycles. The quantitative estimate of drug-likeness (QED) is 0.797. The molecular weight excluding hydrogens is 312 g/mol. The van der Waals surface area contributed by atoms with E-state index in [-0.39, 0.29) is 5.91 Å². The zero-order valence-corrected chi connectivity index (χ0v) is 13.7. The van der Waals surface area contributed by atoms with E-state index < -0.39 is 0 Å². The molecule has 1 N–H and O–H groups in total. The molecule has 4 rings (SSSR count). The third-order valence-corrected chi connectivity index (χ3v) is 4.33. The van der Waals surface area contributed by atoms with E-state index in [1.54, 1.807) is 17.0 Å². The maximum Gasteiger partial charge on any atom is 0.278 e. The van der Waals surface area contributed by atoms with E-state index in [2.05, 4.69) is 21.6 Å². The molecule has 0 unspecified atom stereocenters. The molecule has 5 nitrogen and oxygen atoms in total. The highest BCUT2D eigenvalue weighted by molar-refractivity contribution is 6.06. The minimum atomic E-state index is -0.105. The van der Waals surface area contributed by atoms with Gasteiger partial charge in [0, 0.05) is 18.8 Å². The summed E-state index contributed by atoms with van der Waals surface area (Å²) in [7, 11) is 0. The fourth-order valence-corrected chi connectivity index (χ4v) is 3.02. The minimum absolute atomic E-state index is 0.105. The zero-order chi connectivity index (χ0) is 17.1. The average Bonchev–Trinajstić information content (AvgIpc) is 3.11. The van der Waals surface area contributed by atoms with Crippen molar-refractivity contribution in [2.24, 2.45) is 0 Å². The summed E-state index contributed by atoms with van der Waals surface area (Å²) in [6.45, 7) is 1.36. The third-order valence-electron chi connectivity index (χ3n) is 4.33. The molecule has 2 aromatic carbocycles. The highest BCUT2D eigenvalue weighted by Gasteiger charge is 2.26. The van der Waals surface area contributed by atoms with Crippen molar-refractivity contribution >= 4 is 17.4 Å². The summed E-state index contributed by atoms with van der Waals surface area (Å²) >= 11 is 0. The van der Waals surface area contributed by atoms with Crippen molar-refractivity contribution in [3.63, 3.8) is 0 Å². The van der Waals surface area contributed by atoms with Crippen LogP contribution in [0.4, 0.5) is 11.5 Å². The topological polar surface area (TPSA) is 58.1 Å². The molecule has 0 saturated heterocycles. The first-order chi connectivity index (χ1) is 12.3. The third kappa shape index (κ3) is 3.21. The van der Waals surface area contributed by atoms with Crippen LogP contribution in [0.25, 0.3) is 0 Å². The predicted octanol–water partition coefficient (Wildman–Crippen LogP) is 3.29. The van der Waals surface area contributed by atoms with Gasteiger partial charge >= 0.3 is 0 Å². The summed E-state index contributed by atoms with van der Waals surface area (Å²) < 4.78 is 0. The van der Waals surface area contributed by atoms with Crippen LogP contribution in [0, 0.1) is 0 Å². The summed E-state index contributed by atoms with van der Waals surface area (Å²) in [5, 5.41) is 11.5. The Morgan fingerprint density at radius 1 is 0.960 bits per heavy atom. The van der Waals surface area contributed by atoms with Crippen LogP contribution in [-0.2, 0) is 13.0 Å². The molecule has 0 fully saturated rings. The maximum atomic E-state index is 12.7. The highest BCUT2D eigenvalue weighted by atomic mass is 16.2. The van der Waals surface area contributed by atoms with Gasteiger partial charge in [-0.15, -0.1) is 10.2 Å². The largest absolute Gasteiger partial charge is 0.365 e. The Morgan fingerprint density at radius 3 is 2.56 bits per heavy atom. The van der Waals surface area contributed by atoms with Crippen LogP contribution in [0.5, 0.6) is 0 Å². The molecule has 0 radical (unpaired) electrons. The molecule has 5 heteroatoms. The van der Waals surface area contributed by atoms with Crippen molar-refractivity contribution in [2.75, 3.05) is 16.8 Å². The van der Waals surface area contributed by atoms with Gasteiger partial charge in [0.05, 0.1) is 0 Å². The standard InChI is InChI=1S/C20H18N4O/c25-20(24-13-12-16-8-4-5-9-18(16)24)17-10-11-19(23-22-17)21-14-15-6-2-1-3-7-15/h1-11H,12-14H2,(H,21,23). The second kappa shape index (κ2) is 6.73. The number of nitrogens with one attached hydrogen (secondary N) is 1. The highest BCUT2D eigenvalue weighted by Crippen LogP contribution is 2.28. The lowest BCUT2D eigenvalue weighted by Gasteiger charge is -2.16. The minimum Gasteiger partial charge on any atom is -0.365 e. The van der Waals surface area contributed by atoms with Gasteiger partial charge in [0.15, 0.2) is 5.69 Å². The van der Waals surface area contributed by atoms with Gasteiger partial charge in [0.25, 0.3) is 5.91 Å². The Balaban J connectivity index is 1.44. The summed E-state index contributed by atoms with van der Waals surface area (Å²) in [4.78, 5) is 14.5. The molecule has 0 bridgehead atoms. The first-order valence-electron chi connectivity index (χ1n) is 8.32. The van der Waals surface area contributed by atoms with Crippen LogP contribution < -0.4 is 10.2 Å². The summed E-state index contributed by atoms with van der Waals surface area (Å²) in [5.41, 5.74) is 3.70. The van der Waals surface area contributed by atoms with Crippen molar-refractivity contribution < 1.29 is 4.79 Å². The first kappa shape index (κ1) is 15.3. The van der Waals surface area contributed by atoms with Crippen LogP contribution in [0.1, 0.15) is 21.6 Å². The molecule has 124 valence electrons. The monoisotopic (exact) mass is 330 g/mol. The lowest BCUT2D eigenvalue weighted by Crippen LogP contribution is -2.29. The molecule has 0 spiro atoms. The molecule has 0 saturated carbocycles. The summed E-state index contributed by atoms with van der Waals surface area (Å²) in [5.74, 6) is 0.550. The van der Waals surface area contributed by atoms with Crippen LogP contribution in [0.15, 0.2) is 66.7 Å². The number of aromatic nitrogens is 2. The van der Waals surface area contributed by atoms with E-state index in [0.29, 0.717) is 24.6 Å². The van der Waals surface area contributed by atoms with E-state index in [9.17, 15) is 4.79 Å². The van der Waals surface area contributed by atoms with Gasteiger partial charge in [0.1, 0.15) is 5.82 Å². The molecule has 1 aliphatic rings. The number of hydrogen-bond acceptors (Lipinski definition) is 4. The van der Waals surface area contributed by atoms with Crippen molar-refractivity contribution in [1.82, 2.24) is 10.2 Å². The van der Waals surface area contributed by atoms with E-state index >= 15 is 0 Å². The van der Waals surface area contributed by atoms with Crippen molar-refractivity contribution in [2.45, 2.75) is 13.0 Å². The lowest BCUT2D eigenvalue weighted by molar-refractivity contribution is 0.0983. The van der Waals surface area contributed by atoms with E-state index in [1.807, 2.05) is 48.5 Å². The second-order valence-corrected chi connectivity index (χ2v) is 5.98. The van der Waals surface area contributed by atoms with Gasteiger partial charge < -0.3 is 10.2 Å². The molecule has 0 aliphatic carbocycles. The van der Waals surface area contributed by atoms with Gasteiger partial charge in [-0.2, -0.15) is 0 Å². The maximum absolute atomic E-state index is 12.7. The molecule has 25 heavy (non-hydrogen) atoms. The predicted molar refractivity (Wildman–Crippen MR) is 97.6 cm³/mol. The second-order valence-electron chi connectivity index (χ2n) is 5.98. The Labute approximate surface area is 146 Å². The van der Waals surface area contributed by atoms with Gasteiger partial charge in [-0.1, -0.05) is 48.5 Å². The Bertz CT molecular complexity index is 878. The molecule has 1 aliphatic heterocycles. The van der Waals surface area contributed by atoms with Crippen molar-refractivity contribution in [3.05, 3.63) is 83.6 Å². The van der Waals surface area contributed by atoms with E-state index in [4.69, 9.17) is 0 Å². The molecular formula is C20H18N4O. The number of nitrogens with zero attached hydrogens (tertiary/aromatic N) is 3. The van der Waals surface area contributed by atoms with Crippen molar-refractivity contribution in [1.29, 1.82) is 0 Å². The molecule has 0 atom stereocenters. The number of carbonyl (C=O) groups is 1. The van der Waals surface area contributed by atoms with Crippen LogP contribution in [-0.4, -0.2) is 22.6 Å². The fourth-order valence-electron chi connectivity index (χ4n) is 3.02. The molecule has 1 aromatic heterocycles. The van der Waals surface area contributed by atoms with E-state index in [0.717, 1.165) is 17.7 Å². The van der Waals surface area contributed by atoms with Crippen LogP contribution in [0.2, 0.25) is 0 Å². The first-order valence-corrected chi connectivity index (χ1v) is 8.32. The summed E-state index contributed by atoms with van der Waals surface area (Å²) in [6.07, 6.45) is 0.881. The summed E-state index contributed by atoms with van der Waals surface area (Å²) in [6, 6.07) is 21.6. The number of benzene rings is 2. The number of para-hydroxylation sites is 1. The van der Waals surface area contributed by atoms with Gasteiger partial charge in [-0.3, -0.25) is 4.79 Å². The molecule has 1 amide bonds. The van der Waals surface area contributed by atoms with Gasteiger partial charge in [0.2, 0.25) is 0 Å². The number of anilines is 2. The van der Waals surface area contributed by atoms with Gasteiger partial charge in [-0.25, -0.2) is 0 Å². The SMILES string of the molecule is O=C(c1ccc(NCc2ccccc2)nn1)N1CCc2ccccc21. The number of fused-ring (bicyclic) bond motifs is 1. The zero-order valence-electron chi connectivity index (χ0n) is 13.7. The van der Waals surface area contributed by atoms with Crippen LogP contribution >= 0.6 is 0 Å². The number of hydrogen-bond donors (Lipinski definition) is 1. The normalized spacial score (nSPS) is 12.7. The number of amides is 1. The van der Waals surface area contributed by atoms with Gasteiger partial charge in [-0.05, 0) is 35.7 Å².